The maximum Gasteiger partial charge on any atom is 0.335 e. The fourth-order valence-corrected chi connectivity index (χ4v) is 2.40. The fourth-order valence-electron chi connectivity index (χ4n) is 1.36. The van der Waals surface area contributed by atoms with Gasteiger partial charge in [-0.25, -0.2) is 17.9 Å². The number of hydrogen-bond acceptors (Lipinski definition) is 4. The summed E-state index contributed by atoms with van der Waals surface area (Å²) in [5.74, 6) is -1.15. The van der Waals surface area contributed by atoms with Gasteiger partial charge in [0.05, 0.1) is 17.1 Å². The summed E-state index contributed by atoms with van der Waals surface area (Å²) < 4.78 is 30.7. The molecule has 0 aliphatic carbocycles. The first-order chi connectivity index (χ1) is 8.38. The molecule has 0 aromatic heterocycles. The molecule has 0 aliphatic rings. The van der Waals surface area contributed by atoms with Crippen molar-refractivity contribution in [2.75, 3.05) is 20.3 Å². The number of benzene rings is 1. The van der Waals surface area contributed by atoms with Gasteiger partial charge in [0.1, 0.15) is 0 Å². The SMILES string of the molecule is COCCNS(=O)(=O)c1ccc(C)c(C(=O)O)c1. The minimum absolute atomic E-state index is 0.0235. The van der Waals surface area contributed by atoms with Crippen LogP contribution in [0.15, 0.2) is 23.1 Å². The molecule has 0 spiro atoms. The average Bonchev–Trinajstić information content (AvgIpc) is 2.29. The molecule has 0 heterocycles. The van der Waals surface area contributed by atoms with Crippen molar-refractivity contribution in [3.8, 4) is 0 Å². The van der Waals surface area contributed by atoms with Crippen LogP contribution in [0, 0.1) is 6.92 Å². The van der Waals surface area contributed by atoms with Crippen LogP contribution in [0.5, 0.6) is 0 Å². The Bertz CT molecular complexity index is 538. The molecule has 1 aromatic carbocycles. The van der Waals surface area contributed by atoms with Crippen molar-refractivity contribution >= 4 is 16.0 Å². The highest BCUT2D eigenvalue weighted by molar-refractivity contribution is 7.89. The summed E-state index contributed by atoms with van der Waals surface area (Å²) in [4.78, 5) is 10.9. The maximum atomic E-state index is 11.8. The second-order valence-electron chi connectivity index (χ2n) is 3.67. The first kappa shape index (κ1) is 14.6. The van der Waals surface area contributed by atoms with Crippen molar-refractivity contribution in [3.63, 3.8) is 0 Å². The van der Waals surface area contributed by atoms with E-state index >= 15 is 0 Å². The number of carboxylic acid groups (broad SMARTS) is 1. The Labute approximate surface area is 106 Å². The first-order valence-electron chi connectivity index (χ1n) is 5.21. The number of rotatable bonds is 6. The van der Waals surface area contributed by atoms with Gasteiger partial charge in [-0.05, 0) is 24.6 Å². The number of aromatic carboxylic acids is 1. The Hall–Kier alpha value is -1.44. The second kappa shape index (κ2) is 5.94. The fraction of sp³-hybridized carbons (Fsp3) is 0.364. The molecule has 0 atom stereocenters. The lowest BCUT2D eigenvalue weighted by molar-refractivity contribution is 0.0696. The van der Waals surface area contributed by atoms with Gasteiger partial charge in [-0.1, -0.05) is 6.07 Å². The van der Waals surface area contributed by atoms with Crippen LogP contribution in [0.3, 0.4) is 0 Å². The summed E-state index contributed by atoms with van der Waals surface area (Å²) in [6.45, 7) is 1.99. The van der Waals surface area contributed by atoms with Crippen molar-refractivity contribution in [1.29, 1.82) is 0 Å². The number of ether oxygens (including phenoxy) is 1. The molecule has 0 aliphatic heterocycles. The molecular weight excluding hydrogens is 258 g/mol. The van der Waals surface area contributed by atoms with E-state index in [0.29, 0.717) is 5.56 Å². The third kappa shape index (κ3) is 3.52. The van der Waals surface area contributed by atoms with E-state index in [1.165, 1.54) is 19.2 Å². The topological polar surface area (TPSA) is 92.7 Å². The lowest BCUT2D eigenvalue weighted by Crippen LogP contribution is -2.27. The highest BCUT2D eigenvalue weighted by atomic mass is 32.2. The monoisotopic (exact) mass is 273 g/mol. The van der Waals surface area contributed by atoms with E-state index in [4.69, 9.17) is 9.84 Å². The molecule has 1 aromatic rings. The Balaban J connectivity index is 3.02. The first-order valence-corrected chi connectivity index (χ1v) is 6.69. The van der Waals surface area contributed by atoms with Crippen LogP contribution in [0.4, 0.5) is 0 Å². The second-order valence-corrected chi connectivity index (χ2v) is 5.44. The van der Waals surface area contributed by atoms with Crippen LogP contribution in [0.25, 0.3) is 0 Å². The molecule has 1 rings (SSSR count). The molecule has 100 valence electrons. The van der Waals surface area contributed by atoms with E-state index in [0.717, 1.165) is 6.07 Å². The summed E-state index contributed by atoms with van der Waals surface area (Å²) in [5.41, 5.74) is 0.489. The van der Waals surface area contributed by atoms with Crippen LogP contribution in [-0.2, 0) is 14.8 Å². The smallest absolute Gasteiger partial charge is 0.335 e. The van der Waals surface area contributed by atoms with Crippen LogP contribution < -0.4 is 4.72 Å². The lowest BCUT2D eigenvalue weighted by Gasteiger charge is -2.08. The van der Waals surface area contributed by atoms with Gasteiger partial charge >= 0.3 is 5.97 Å². The third-order valence-electron chi connectivity index (χ3n) is 2.35. The molecule has 0 saturated carbocycles. The van der Waals surface area contributed by atoms with E-state index in [1.807, 2.05) is 0 Å². The zero-order valence-corrected chi connectivity index (χ0v) is 11.0. The zero-order chi connectivity index (χ0) is 13.8. The molecule has 6 nitrogen and oxygen atoms in total. The number of methoxy groups -OCH3 is 1. The zero-order valence-electron chi connectivity index (χ0n) is 10.1. The molecule has 2 N–H and O–H groups in total. The molecule has 0 fully saturated rings. The molecule has 0 saturated heterocycles. The van der Waals surface area contributed by atoms with Gasteiger partial charge in [0.2, 0.25) is 10.0 Å². The van der Waals surface area contributed by atoms with E-state index in [1.54, 1.807) is 6.92 Å². The lowest BCUT2D eigenvalue weighted by atomic mass is 10.1. The van der Waals surface area contributed by atoms with Gasteiger partial charge in [-0.3, -0.25) is 0 Å². The summed E-state index contributed by atoms with van der Waals surface area (Å²) in [6.07, 6.45) is 0. The molecule has 0 bridgehead atoms. The minimum atomic E-state index is -3.70. The van der Waals surface area contributed by atoms with Gasteiger partial charge < -0.3 is 9.84 Å². The highest BCUT2D eigenvalue weighted by Gasteiger charge is 2.17. The summed E-state index contributed by atoms with van der Waals surface area (Å²) in [6, 6.07) is 3.98. The van der Waals surface area contributed by atoms with E-state index < -0.39 is 16.0 Å². The predicted octanol–water partition coefficient (Wildman–Crippen LogP) is 0.618. The Morgan fingerprint density at radius 1 is 1.44 bits per heavy atom. The van der Waals surface area contributed by atoms with E-state index in [2.05, 4.69) is 4.72 Å². The van der Waals surface area contributed by atoms with Crippen molar-refractivity contribution in [2.24, 2.45) is 0 Å². The maximum absolute atomic E-state index is 11.8. The van der Waals surface area contributed by atoms with Crippen molar-refractivity contribution in [3.05, 3.63) is 29.3 Å². The summed E-state index contributed by atoms with van der Waals surface area (Å²) >= 11 is 0. The van der Waals surface area contributed by atoms with Gasteiger partial charge in [-0.2, -0.15) is 0 Å². The third-order valence-corrected chi connectivity index (χ3v) is 3.81. The molecule has 18 heavy (non-hydrogen) atoms. The highest BCUT2D eigenvalue weighted by Crippen LogP contribution is 2.15. The molecule has 0 radical (unpaired) electrons. The minimum Gasteiger partial charge on any atom is -0.478 e. The molecular formula is C11H15NO5S. The van der Waals surface area contributed by atoms with Crippen LogP contribution in [0.2, 0.25) is 0 Å². The predicted molar refractivity (Wildman–Crippen MR) is 65.2 cm³/mol. The van der Waals surface area contributed by atoms with Gasteiger partial charge in [0.15, 0.2) is 0 Å². The summed E-state index contributed by atoms with van der Waals surface area (Å²) in [5, 5.41) is 8.93. The Morgan fingerprint density at radius 3 is 2.67 bits per heavy atom. The Kier molecular flexibility index (Phi) is 4.83. The largest absolute Gasteiger partial charge is 0.478 e. The normalized spacial score (nSPS) is 11.4. The average molecular weight is 273 g/mol. The van der Waals surface area contributed by atoms with E-state index in [-0.39, 0.29) is 23.6 Å². The molecule has 7 heteroatoms. The van der Waals surface area contributed by atoms with Crippen LogP contribution in [0.1, 0.15) is 15.9 Å². The van der Waals surface area contributed by atoms with Crippen molar-refractivity contribution < 1.29 is 23.1 Å². The number of aryl methyl sites for hydroxylation is 1. The van der Waals surface area contributed by atoms with Crippen LogP contribution in [-0.4, -0.2) is 39.8 Å². The molecule has 0 unspecified atom stereocenters. The number of hydrogen-bond donors (Lipinski definition) is 2. The number of carbonyl (C=O) groups is 1. The van der Waals surface area contributed by atoms with Gasteiger partial charge in [0, 0.05) is 13.7 Å². The van der Waals surface area contributed by atoms with Crippen molar-refractivity contribution in [2.45, 2.75) is 11.8 Å². The number of nitrogens with one attached hydrogen (secondary N) is 1. The van der Waals surface area contributed by atoms with E-state index in [9.17, 15) is 13.2 Å². The Morgan fingerprint density at radius 2 is 2.11 bits per heavy atom. The quantitative estimate of drug-likeness (QED) is 0.741. The summed E-state index contributed by atoms with van der Waals surface area (Å²) in [7, 11) is -2.24. The number of sulfonamides is 1. The van der Waals surface area contributed by atoms with Crippen molar-refractivity contribution in [1.82, 2.24) is 4.72 Å². The van der Waals surface area contributed by atoms with Crippen LogP contribution >= 0.6 is 0 Å². The molecule has 0 amide bonds. The van der Waals surface area contributed by atoms with Gasteiger partial charge in [-0.15, -0.1) is 0 Å². The standard InChI is InChI=1S/C11H15NO5S/c1-8-3-4-9(7-10(8)11(13)14)18(15,16)12-5-6-17-2/h3-4,7,12H,5-6H2,1-2H3,(H,13,14). The van der Waals surface area contributed by atoms with Gasteiger partial charge in [0.25, 0.3) is 0 Å². The number of carboxylic acids is 1.